The van der Waals surface area contributed by atoms with Crippen molar-refractivity contribution in [2.75, 3.05) is 13.2 Å². The van der Waals surface area contributed by atoms with Crippen LogP contribution in [0.3, 0.4) is 0 Å². The molecule has 0 fully saturated rings. The first-order valence-corrected chi connectivity index (χ1v) is 8.90. The van der Waals surface area contributed by atoms with E-state index in [1.165, 1.54) is 11.3 Å². The van der Waals surface area contributed by atoms with Crippen molar-refractivity contribution >= 4 is 27.5 Å². The first-order valence-electron chi connectivity index (χ1n) is 8.09. The lowest BCUT2D eigenvalue weighted by molar-refractivity contribution is -0.119. The maximum absolute atomic E-state index is 12.5. The predicted octanol–water partition coefficient (Wildman–Crippen LogP) is 2.53. The molecule has 1 amide bonds. The van der Waals surface area contributed by atoms with Crippen LogP contribution in [-0.2, 0) is 4.79 Å². The largest absolute Gasteiger partial charge is 0.490 e. The molecule has 7 nitrogen and oxygen atoms in total. The number of H-pyrrole nitrogens is 1. The quantitative estimate of drug-likeness (QED) is 0.690. The topological polar surface area (TPSA) is 107 Å². The molecule has 1 aromatic carbocycles. The van der Waals surface area contributed by atoms with Crippen molar-refractivity contribution in [1.82, 2.24) is 9.97 Å². The zero-order valence-corrected chi connectivity index (χ0v) is 15.5. The van der Waals surface area contributed by atoms with E-state index in [1.54, 1.807) is 18.2 Å². The highest BCUT2D eigenvalue weighted by molar-refractivity contribution is 7.18. The van der Waals surface area contributed by atoms with Gasteiger partial charge < -0.3 is 20.2 Å². The van der Waals surface area contributed by atoms with Crippen molar-refractivity contribution in [3.8, 4) is 22.9 Å². The second kappa shape index (κ2) is 7.17. The number of hydrogen-bond donors (Lipinski definition) is 2. The highest BCUT2D eigenvalue weighted by atomic mass is 32.1. The van der Waals surface area contributed by atoms with E-state index in [0.29, 0.717) is 39.7 Å². The van der Waals surface area contributed by atoms with Gasteiger partial charge in [-0.1, -0.05) is 0 Å². The van der Waals surface area contributed by atoms with Gasteiger partial charge in [-0.3, -0.25) is 9.59 Å². The molecule has 0 aliphatic carbocycles. The summed E-state index contributed by atoms with van der Waals surface area (Å²) in [6.45, 7) is 5.91. The molecule has 0 unspecified atom stereocenters. The molecule has 8 heteroatoms. The molecule has 0 aliphatic rings. The number of rotatable bonds is 6. The fraction of sp³-hybridized carbons (Fsp3) is 0.278. The maximum Gasteiger partial charge on any atom is 0.260 e. The Kier molecular flexibility index (Phi) is 4.94. The molecule has 3 rings (SSSR count). The number of aromatic nitrogens is 2. The molecule has 0 saturated heterocycles. The standard InChI is InChI=1S/C18H19N3O4S/c1-4-24-13-7-11(5-6-12(13)25-8-14(19)22)16-20-17(23)15-9(2)10(3)26-18(15)21-16/h5-7H,4,8H2,1-3H3,(H2,19,22)(H,20,21,23). The van der Waals surface area contributed by atoms with Crippen LogP contribution < -0.4 is 20.8 Å². The Morgan fingerprint density at radius 3 is 2.73 bits per heavy atom. The van der Waals surface area contributed by atoms with Crippen molar-refractivity contribution in [1.29, 1.82) is 0 Å². The van der Waals surface area contributed by atoms with Gasteiger partial charge in [-0.05, 0) is 44.5 Å². The molecule has 2 heterocycles. The molecule has 2 aromatic heterocycles. The van der Waals surface area contributed by atoms with Gasteiger partial charge in [-0.25, -0.2) is 4.98 Å². The molecule has 0 bridgehead atoms. The Morgan fingerprint density at radius 1 is 1.27 bits per heavy atom. The van der Waals surface area contributed by atoms with E-state index in [4.69, 9.17) is 15.2 Å². The summed E-state index contributed by atoms with van der Waals surface area (Å²) in [6, 6.07) is 5.13. The molecular formula is C18H19N3O4S. The Labute approximate surface area is 153 Å². The third-order valence-corrected chi connectivity index (χ3v) is 5.03. The van der Waals surface area contributed by atoms with Gasteiger partial charge >= 0.3 is 0 Å². The molecule has 0 radical (unpaired) electrons. The minimum Gasteiger partial charge on any atom is -0.490 e. The van der Waals surface area contributed by atoms with Gasteiger partial charge in [0.05, 0.1) is 12.0 Å². The van der Waals surface area contributed by atoms with Crippen LogP contribution in [0.25, 0.3) is 21.6 Å². The third kappa shape index (κ3) is 3.41. The number of aromatic amines is 1. The number of nitrogens with two attached hydrogens (primary N) is 1. The molecule has 136 valence electrons. The number of carbonyl (C=O) groups is 1. The van der Waals surface area contributed by atoms with Crippen LogP contribution in [-0.4, -0.2) is 29.1 Å². The Bertz CT molecular complexity index is 1040. The number of hydrogen-bond acceptors (Lipinski definition) is 6. The number of nitrogens with zero attached hydrogens (tertiary/aromatic N) is 1. The fourth-order valence-corrected chi connectivity index (χ4v) is 3.61. The normalized spacial score (nSPS) is 10.9. The van der Waals surface area contributed by atoms with Crippen molar-refractivity contribution in [2.45, 2.75) is 20.8 Å². The number of primary amides is 1. The fourth-order valence-electron chi connectivity index (χ4n) is 2.58. The molecule has 0 aliphatic heterocycles. The first kappa shape index (κ1) is 17.9. The summed E-state index contributed by atoms with van der Waals surface area (Å²) in [5.74, 6) is 0.732. The van der Waals surface area contributed by atoms with Gasteiger partial charge in [0.2, 0.25) is 0 Å². The van der Waals surface area contributed by atoms with Gasteiger partial charge in [0.1, 0.15) is 10.7 Å². The Morgan fingerprint density at radius 2 is 2.04 bits per heavy atom. The second-order valence-electron chi connectivity index (χ2n) is 5.73. The van der Waals surface area contributed by atoms with Crippen molar-refractivity contribution in [3.63, 3.8) is 0 Å². The van der Waals surface area contributed by atoms with E-state index in [1.807, 2.05) is 20.8 Å². The number of nitrogens with one attached hydrogen (secondary N) is 1. The number of carbonyl (C=O) groups excluding carboxylic acids is 1. The zero-order valence-electron chi connectivity index (χ0n) is 14.7. The van der Waals surface area contributed by atoms with Crippen molar-refractivity contribution in [3.05, 3.63) is 39.0 Å². The summed E-state index contributed by atoms with van der Waals surface area (Å²) < 4.78 is 10.9. The molecule has 0 saturated carbocycles. The van der Waals surface area contributed by atoms with Gasteiger partial charge in [-0.15, -0.1) is 11.3 Å². The SMILES string of the molecule is CCOc1cc(-c2nc3sc(C)c(C)c3c(=O)[nH]2)ccc1OCC(N)=O. The minimum absolute atomic E-state index is 0.168. The van der Waals surface area contributed by atoms with E-state index < -0.39 is 5.91 Å². The summed E-state index contributed by atoms with van der Waals surface area (Å²) in [4.78, 5) is 32.6. The Hall–Kier alpha value is -2.87. The van der Waals surface area contributed by atoms with Crippen LogP contribution in [0.5, 0.6) is 11.5 Å². The second-order valence-corrected chi connectivity index (χ2v) is 6.93. The molecule has 26 heavy (non-hydrogen) atoms. The van der Waals surface area contributed by atoms with E-state index in [2.05, 4.69) is 9.97 Å². The summed E-state index contributed by atoms with van der Waals surface area (Å²) in [5, 5.41) is 0.627. The lowest BCUT2D eigenvalue weighted by Gasteiger charge is -2.12. The number of aryl methyl sites for hydroxylation is 2. The van der Waals surface area contributed by atoms with Crippen LogP contribution >= 0.6 is 11.3 Å². The summed E-state index contributed by atoms with van der Waals surface area (Å²) in [6.07, 6.45) is 0. The molecular weight excluding hydrogens is 354 g/mol. The Balaban J connectivity index is 2.06. The average Bonchev–Trinajstić information content (AvgIpc) is 2.88. The van der Waals surface area contributed by atoms with Crippen LogP contribution in [0.1, 0.15) is 17.4 Å². The van der Waals surface area contributed by atoms with Crippen molar-refractivity contribution in [2.24, 2.45) is 5.73 Å². The number of ether oxygens (including phenoxy) is 2. The van der Waals surface area contributed by atoms with E-state index in [0.717, 1.165) is 10.4 Å². The van der Waals surface area contributed by atoms with Crippen LogP contribution in [0.2, 0.25) is 0 Å². The lowest BCUT2D eigenvalue weighted by Crippen LogP contribution is -2.20. The van der Waals surface area contributed by atoms with Crippen LogP contribution in [0, 0.1) is 13.8 Å². The van der Waals surface area contributed by atoms with Crippen LogP contribution in [0.15, 0.2) is 23.0 Å². The van der Waals surface area contributed by atoms with E-state index >= 15 is 0 Å². The summed E-state index contributed by atoms with van der Waals surface area (Å²) >= 11 is 1.49. The molecule has 0 atom stereocenters. The van der Waals surface area contributed by atoms with E-state index in [9.17, 15) is 9.59 Å². The smallest absolute Gasteiger partial charge is 0.260 e. The van der Waals surface area contributed by atoms with Gasteiger partial charge in [0.15, 0.2) is 18.1 Å². The number of fused-ring (bicyclic) bond motifs is 1. The highest BCUT2D eigenvalue weighted by Crippen LogP contribution is 2.33. The minimum atomic E-state index is -0.573. The van der Waals surface area contributed by atoms with Gasteiger partial charge in [0.25, 0.3) is 11.5 Å². The number of thiophene rings is 1. The molecule has 3 aromatic rings. The highest BCUT2D eigenvalue weighted by Gasteiger charge is 2.15. The van der Waals surface area contributed by atoms with Gasteiger partial charge in [-0.2, -0.15) is 0 Å². The zero-order chi connectivity index (χ0) is 18.8. The van der Waals surface area contributed by atoms with Crippen LogP contribution in [0.4, 0.5) is 0 Å². The van der Waals surface area contributed by atoms with Crippen molar-refractivity contribution < 1.29 is 14.3 Å². The van der Waals surface area contributed by atoms with E-state index in [-0.39, 0.29) is 12.2 Å². The predicted molar refractivity (Wildman–Crippen MR) is 101 cm³/mol. The number of benzene rings is 1. The maximum atomic E-state index is 12.5. The lowest BCUT2D eigenvalue weighted by atomic mass is 10.1. The number of amides is 1. The monoisotopic (exact) mass is 373 g/mol. The third-order valence-electron chi connectivity index (χ3n) is 3.93. The van der Waals surface area contributed by atoms with Gasteiger partial charge in [0, 0.05) is 10.4 Å². The summed E-state index contributed by atoms with van der Waals surface area (Å²) in [5.41, 5.74) is 6.58. The molecule has 3 N–H and O–H groups in total. The average molecular weight is 373 g/mol. The molecule has 0 spiro atoms. The summed E-state index contributed by atoms with van der Waals surface area (Å²) in [7, 11) is 0. The first-order chi connectivity index (χ1) is 12.4.